The first kappa shape index (κ1) is 14.1. The summed E-state index contributed by atoms with van der Waals surface area (Å²) in [6.07, 6.45) is 5.20. The first-order chi connectivity index (χ1) is 9.15. The van der Waals surface area contributed by atoms with E-state index in [-0.39, 0.29) is 5.78 Å². The van der Waals surface area contributed by atoms with Crippen LogP contribution in [0, 0.1) is 0 Å². The van der Waals surface area contributed by atoms with Crippen LogP contribution in [-0.2, 0) is 0 Å². The smallest absolute Gasteiger partial charge is 0.176 e. The maximum Gasteiger partial charge on any atom is 0.176 e. The fraction of sp³-hybridized carbons (Fsp3) is 0.562. The zero-order valence-corrected chi connectivity index (χ0v) is 11.8. The minimum absolute atomic E-state index is 0.126. The minimum atomic E-state index is 0.126. The second-order valence-electron chi connectivity index (χ2n) is 5.51. The van der Waals surface area contributed by atoms with Crippen LogP contribution < -0.4 is 10.1 Å². The maximum atomic E-state index is 11.9. The molecule has 0 bridgehead atoms. The van der Waals surface area contributed by atoms with E-state index in [1.165, 1.54) is 12.8 Å². The Labute approximate surface area is 115 Å². The van der Waals surface area contributed by atoms with Crippen molar-refractivity contribution in [2.75, 3.05) is 6.54 Å². The Kier molecular flexibility index (Phi) is 4.97. The van der Waals surface area contributed by atoms with Gasteiger partial charge < -0.3 is 10.1 Å². The van der Waals surface area contributed by atoms with Crippen molar-refractivity contribution >= 4 is 5.78 Å². The van der Waals surface area contributed by atoms with E-state index in [1.54, 1.807) is 0 Å². The highest BCUT2D eigenvalue weighted by molar-refractivity contribution is 5.97. The first-order valence-corrected chi connectivity index (χ1v) is 7.18. The van der Waals surface area contributed by atoms with Gasteiger partial charge in [0.2, 0.25) is 0 Å². The molecule has 0 aliphatic heterocycles. The normalized spacial score (nSPS) is 15.9. The van der Waals surface area contributed by atoms with Crippen molar-refractivity contribution in [1.29, 1.82) is 0 Å². The van der Waals surface area contributed by atoms with E-state index in [4.69, 9.17) is 4.74 Å². The van der Waals surface area contributed by atoms with Crippen LogP contribution in [-0.4, -0.2) is 24.5 Å². The number of Topliss-reactive ketones (excluding diaryl/α,β-unsaturated/α-hetero) is 1. The van der Waals surface area contributed by atoms with Crippen LogP contribution >= 0.6 is 0 Å². The van der Waals surface area contributed by atoms with Crippen molar-refractivity contribution in [3.8, 4) is 5.75 Å². The minimum Gasteiger partial charge on any atom is -0.490 e. The SMILES string of the molecule is CC(C)NCC(=O)c1ccc(OC2CCCC2)cc1. The number of ketones is 1. The predicted octanol–water partition coefficient (Wildman–Crippen LogP) is 3.19. The number of carbonyl (C=O) groups excluding carboxylic acids is 1. The molecule has 1 aromatic carbocycles. The Balaban J connectivity index is 1.88. The average molecular weight is 261 g/mol. The van der Waals surface area contributed by atoms with E-state index < -0.39 is 0 Å². The average Bonchev–Trinajstić information content (AvgIpc) is 2.89. The first-order valence-electron chi connectivity index (χ1n) is 7.18. The number of carbonyl (C=O) groups is 1. The summed E-state index contributed by atoms with van der Waals surface area (Å²) >= 11 is 0. The monoisotopic (exact) mass is 261 g/mol. The summed E-state index contributed by atoms with van der Waals surface area (Å²) in [6.45, 7) is 4.46. The van der Waals surface area contributed by atoms with Crippen molar-refractivity contribution in [2.24, 2.45) is 0 Å². The van der Waals surface area contributed by atoms with Gasteiger partial charge in [0, 0.05) is 11.6 Å². The van der Waals surface area contributed by atoms with Crippen LogP contribution in [0.15, 0.2) is 24.3 Å². The highest BCUT2D eigenvalue weighted by Crippen LogP contribution is 2.24. The molecule has 1 aliphatic carbocycles. The Morgan fingerprint density at radius 2 is 1.89 bits per heavy atom. The van der Waals surface area contributed by atoms with E-state index in [1.807, 2.05) is 38.1 Å². The van der Waals surface area contributed by atoms with Gasteiger partial charge in [-0.25, -0.2) is 0 Å². The van der Waals surface area contributed by atoms with Crippen LogP contribution in [0.3, 0.4) is 0 Å². The van der Waals surface area contributed by atoms with Gasteiger partial charge in [-0.2, -0.15) is 0 Å². The molecule has 19 heavy (non-hydrogen) atoms. The lowest BCUT2D eigenvalue weighted by atomic mass is 10.1. The van der Waals surface area contributed by atoms with Gasteiger partial charge >= 0.3 is 0 Å². The molecule has 0 spiro atoms. The van der Waals surface area contributed by atoms with E-state index in [9.17, 15) is 4.79 Å². The van der Waals surface area contributed by atoms with Gasteiger partial charge in [-0.15, -0.1) is 0 Å². The summed E-state index contributed by atoms with van der Waals surface area (Å²) in [4.78, 5) is 11.9. The zero-order chi connectivity index (χ0) is 13.7. The molecule has 1 aliphatic rings. The van der Waals surface area contributed by atoms with Crippen LogP contribution in [0.5, 0.6) is 5.75 Å². The molecule has 0 saturated heterocycles. The van der Waals surface area contributed by atoms with Gasteiger partial charge in [-0.05, 0) is 49.9 Å². The lowest BCUT2D eigenvalue weighted by Crippen LogP contribution is -2.29. The summed E-state index contributed by atoms with van der Waals surface area (Å²) < 4.78 is 5.88. The highest BCUT2D eigenvalue weighted by atomic mass is 16.5. The molecular weight excluding hydrogens is 238 g/mol. The molecule has 1 saturated carbocycles. The molecule has 0 radical (unpaired) electrons. The number of ether oxygens (including phenoxy) is 1. The highest BCUT2D eigenvalue weighted by Gasteiger charge is 2.16. The summed E-state index contributed by atoms with van der Waals surface area (Å²) in [7, 11) is 0. The third kappa shape index (κ3) is 4.35. The molecule has 1 aromatic rings. The van der Waals surface area contributed by atoms with Crippen molar-refractivity contribution in [3.05, 3.63) is 29.8 Å². The third-order valence-corrected chi connectivity index (χ3v) is 3.45. The molecule has 2 rings (SSSR count). The van der Waals surface area contributed by atoms with Gasteiger partial charge in [0.15, 0.2) is 5.78 Å². The number of nitrogens with one attached hydrogen (secondary N) is 1. The van der Waals surface area contributed by atoms with Gasteiger partial charge in [-0.1, -0.05) is 13.8 Å². The Morgan fingerprint density at radius 1 is 1.26 bits per heavy atom. The fourth-order valence-corrected chi connectivity index (χ4v) is 2.32. The Hall–Kier alpha value is -1.35. The molecule has 0 amide bonds. The second-order valence-corrected chi connectivity index (χ2v) is 5.51. The van der Waals surface area contributed by atoms with Crippen LogP contribution in [0.1, 0.15) is 49.9 Å². The lowest BCUT2D eigenvalue weighted by Gasteiger charge is -2.13. The fourth-order valence-electron chi connectivity index (χ4n) is 2.32. The van der Waals surface area contributed by atoms with E-state index in [2.05, 4.69) is 5.32 Å². The summed E-state index contributed by atoms with van der Waals surface area (Å²) in [5.41, 5.74) is 0.743. The molecule has 3 heteroatoms. The van der Waals surface area contributed by atoms with Crippen LogP contribution in [0.4, 0.5) is 0 Å². The predicted molar refractivity (Wildman–Crippen MR) is 76.8 cm³/mol. The number of hydrogen-bond donors (Lipinski definition) is 1. The molecule has 1 N–H and O–H groups in total. The van der Waals surface area contributed by atoms with E-state index >= 15 is 0 Å². The zero-order valence-electron chi connectivity index (χ0n) is 11.8. The molecule has 0 heterocycles. The topological polar surface area (TPSA) is 38.3 Å². The molecule has 1 fully saturated rings. The van der Waals surface area contributed by atoms with Crippen molar-refractivity contribution in [2.45, 2.75) is 51.7 Å². The Morgan fingerprint density at radius 3 is 2.47 bits per heavy atom. The standard InChI is InChI=1S/C16H23NO2/c1-12(2)17-11-16(18)13-7-9-15(10-8-13)19-14-5-3-4-6-14/h7-10,12,14,17H,3-6,11H2,1-2H3. The largest absolute Gasteiger partial charge is 0.490 e. The van der Waals surface area contributed by atoms with Crippen LogP contribution in [0.2, 0.25) is 0 Å². The third-order valence-electron chi connectivity index (χ3n) is 3.45. The van der Waals surface area contributed by atoms with Crippen molar-refractivity contribution < 1.29 is 9.53 Å². The number of hydrogen-bond acceptors (Lipinski definition) is 3. The summed E-state index contributed by atoms with van der Waals surface area (Å²) in [5.74, 6) is 1.00. The lowest BCUT2D eigenvalue weighted by molar-refractivity contribution is 0.0988. The molecule has 104 valence electrons. The van der Waals surface area contributed by atoms with Gasteiger partial charge in [0.1, 0.15) is 5.75 Å². The summed E-state index contributed by atoms with van der Waals surface area (Å²) in [5, 5.41) is 3.14. The molecule has 0 unspecified atom stereocenters. The van der Waals surface area contributed by atoms with Gasteiger partial charge in [0.05, 0.1) is 12.6 Å². The second kappa shape index (κ2) is 6.71. The molecule has 0 aromatic heterocycles. The summed E-state index contributed by atoms with van der Waals surface area (Å²) in [6, 6.07) is 7.85. The number of rotatable bonds is 6. The Bertz CT molecular complexity index is 405. The van der Waals surface area contributed by atoms with Crippen molar-refractivity contribution in [3.63, 3.8) is 0 Å². The quantitative estimate of drug-likeness (QED) is 0.799. The molecule has 0 atom stereocenters. The van der Waals surface area contributed by atoms with Crippen LogP contribution in [0.25, 0.3) is 0 Å². The van der Waals surface area contributed by atoms with E-state index in [0.29, 0.717) is 18.7 Å². The van der Waals surface area contributed by atoms with Crippen molar-refractivity contribution in [1.82, 2.24) is 5.32 Å². The number of benzene rings is 1. The van der Waals surface area contributed by atoms with E-state index in [0.717, 1.165) is 24.2 Å². The van der Waals surface area contributed by atoms with Gasteiger partial charge in [-0.3, -0.25) is 4.79 Å². The molecular formula is C16H23NO2. The maximum absolute atomic E-state index is 11.9. The molecule has 3 nitrogen and oxygen atoms in total. The van der Waals surface area contributed by atoms with Gasteiger partial charge in [0.25, 0.3) is 0 Å².